The number of ether oxygens (including phenoxy) is 1. The number of alkyl halides is 1. The van der Waals surface area contributed by atoms with Gasteiger partial charge in [-0.15, -0.1) is 0 Å². The Morgan fingerprint density at radius 2 is 1.88 bits per heavy atom. The van der Waals surface area contributed by atoms with Gasteiger partial charge < -0.3 is 10.1 Å². The number of benzene rings is 2. The second kappa shape index (κ2) is 11.0. The Bertz CT molecular complexity index is 1590. The first kappa shape index (κ1) is 25.8. The Morgan fingerprint density at radius 3 is 2.58 bits per heavy atom. The molecule has 0 spiro atoms. The Morgan fingerprint density at radius 1 is 1.07 bits per heavy atom. The lowest BCUT2D eigenvalue weighted by Crippen LogP contribution is -2.30. The van der Waals surface area contributed by atoms with Crippen LogP contribution in [0.25, 0.3) is 28.1 Å². The van der Waals surface area contributed by atoms with Crippen LogP contribution in [0.5, 0.6) is 5.75 Å². The van der Waals surface area contributed by atoms with Gasteiger partial charge in [-0.2, -0.15) is 5.10 Å². The van der Waals surface area contributed by atoms with E-state index in [1.807, 2.05) is 30.3 Å². The lowest BCUT2D eigenvalue weighted by atomic mass is 9.98. The van der Waals surface area contributed by atoms with Gasteiger partial charge in [0.2, 0.25) is 0 Å². The normalized spacial score (nSPS) is 14.7. The summed E-state index contributed by atoms with van der Waals surface area (Å²) in [6, 6.07) is 13.3. The average Bonchev–Trinajstić information content (AvgIpc) is 3.19. The number of methoxy groups -OCH3 is 1. The molecule has 0 fully saturated rings. The maximum atomic E-state index is 15.0. The molecule has 10 heteroatoms. The number of anilines is 1. The fourth-order valence-electron chi connectivity index (χ4n) is 5.15. The van der Waals surface area contributed by atoms with E-state index in [1.54, 1.807) is 18.0 Å². The number of hydrogen-bond donors (Lipinski definition) is 1. The van der Waals surface area contributed by atoms with Crippen molar-refractivity contribution in [1.29, 1.82) is 0 Å². The Labute approximate surface area is 229 Å². The van der Waals surface area contributed by atoms with Gasteiger partial charge in [0.1, 0.15) is 29.8 Å². The molecule has 40 heavy (non-hydrogen) atoms. The predicted octanol–water partition coefficient (Wildman–Crippen LogP) is 6.09. The van der Waals surface area contributed by atoms with Crippen molar-refractivity contribution in [3.8, 4) is 28.3 Å². The molecule has 4 heterocycles. The van der Waals surface area contributed by atoms with Crippen LogP contribution in [0, 0.1) is 11.6 Å². The summed E-state index contributed by atoms with van der Waals surface area (Å²) in [6.45, 7) is 1.78. The first-order chi connectivity index (χ1) is 19.6. The second-order valence-electron chi connectivity index (χ2n) is 9.64. The third kappa shape index (κ3) is 4.86. The summed E-state index contributed by atoms with van der Waals surface area (Å²) < 4.78 is 49.8. The van der Waals surface area contributed by atoms with E-state index in [-0.39, 0.29) is 17.9 Å². The van der Waals surface area contributed by atoms with E-state index < -0.39 is 11.6 Å². The molecule has 0 amide bonds. The molecule has 0 radical (unpaired) electrons. The number of nitrogens with one attached hydrogen (secondary N) is 1. The highest BCUT2D eigenvalue weighted by Crippen LogP contribution is 2.44. The Balaban J connectivity index is 1.50. The maximum Gasteiger partial charge on any atom is 0.163 e. The number of hydrogen-bond acceptors (Lipinski definition) is 6. The smallest absolute Gasteiger partial charge is 0.163 e. The van der Waals surface area contributed by atoms with Crippen molar-refractivity contribution in [1.82, 2.24) is 19.7 Å². The minimum absolute atomic E-state index is 0.141. The van der Waals surface area contributed by atoms with E-state index in [2.05, 4.69) is 26.3 Å². The molecule has 0 bridgehead atoms. The zero-order valence-electron chi connectivity index (χ0n) is 21.9. The fraction of sp³-hybridized carbons (Fsp3) is 0.233. The molecule has 7 nitrogen and oxygen atoms in total. The molecule has 4 aromatic rings. The quantitative estimate of drug-likeness (QED) is 0.305. The molecule has 6 rings (SSSR count). The summed E-state index contributed by atoms with van der Waals surface area (Å²) in [5.41, 5.74) is 4.60. The summed E-state index contributed by atoms with van der Waals surface area (Å²) in [5, 5.41) is 7.84. The van der Waals surface area contributed by atoms with Crippen molar-refractivity contribution in [3.05, 3.63) is 83.6 Å². The van der Waals surface area contributed by atoms with Crippen molar-refractivity contribution in [2.24, 2.45) is 4.99 Å². The van der Waals surface area contributed by atoms with Gasteiger partial charge in [0.15, 0.2) is 5.82 Å². The molecule has 2 aromatic heterocycles. The van der Waals surface area contributed by atoms with Crippen molar-refractivity contribution in [2.75, 3.05) is 38.7 Å². The Kier molecular flexibility index (Phi) is 7.08. The molecule has 2 aliphatic heterocycles. The summed E-state index contributed by atoms with van der Waals surface area (Å²) >= 11 is 0. The van der Waals surface area contributed by atoms with Crippen molar-refractivity contribution < 1.29 is 17.9 Å². The van der Waals surface area contributed by atoms with E-state index >= 15 is 8.78 Å². The first-order valence-corrected chi connectivity index (χ1v) is 13.0. The van der Waals surface area contributed by atoms with E-state index in [1.165, 1.54) is 24.5 Å². The van der Waals surface area contributed by atoms with Crippen LogP contribution >= 0.6 is 0 Å². The van der Waals surface area contributed by atoms with Gasteiger partial charge in [0, 0.05) is 31.4 Å². The minimum Gasteiger partial charge on any atom is -0.497 e. The van der Waals surface area contributed by atoms with Crippen LogP contribution in [-0.2, 0) is 6.54 Å². The zero-order chi connectivity index (χ0) is 27.6. The summed E-state index contributed by atoms with van der Waals surface area (Å²) in [7, 11) is 1.60. The Hall–Kier alpha value is -4.44. The lowest BCUT2D eigenvalue weighted by molar-refractivity contribution is 0.270. The number of aliphatic imine (C=N–C) groups is 1. The molecule has 0 saturated heterocycles. The zero-order valence-corrected chi connectivity index (χ0v) is 21.9. The molecule has 0 saturated carbocycles. The number of fused-ring (bicyclic) bond motifs is 3. The fourth-order valence-corrected chi connectivity index (χ4v) is 5.15. The van der Waals surface area contributed by atoms with Crippen molar-refractivity contribution >= 4 is 23.4 Å². The van der Waals surface area contributed by atoms with Crippen LogP contribution in [0.2, 0.25) is 0 Å². The number of nitrogens with zero attached hydrogens (tertiary/aromatic N) is 5. The van der Waals surface area contributed by atoms with Gasteiger partial charge in [-0.1, -0.05) is 24.3 Å². The largest absolute Gasteiger partial charge is 0.497 e. The monoisotopic (exact) mass is 544 g/mol. The van der Waals surface area contributed by atoms with E-state index in [4.69, 9.17) is 9.84 Å². The highest BCUT2D eigenvalue weighted by Gasteiger charge is 2.28. The van der Waals surface area contributed by atoms with Gasteiger partial charge in [0.25, 0.3) is 0 Å². The SMILES string of the molecule is COc1ccc(Cn2nc(-c3c(F)cccc3F)c3c2-c2cc(C4=CCN(CCF)CC4)cnc2N=CN3)cc1. The molecular weight excluding hydrogens is 517 g/mol. The van der Waals surface area contributed by atoms with Gasteiger partial charge in [-0.25, -0.2) is 23.1 Å². The predicted molar refractivity (Wildman–Crippen MR) is 150 cm³/mol. The topological polar surface area (TPSA) is 67.6 Å². The number of aromatic nitrogens is 3. The molecule has 2 aliphatic rings. The van der Waals surface area contributed by atoms with Crippen LogP contribution in [0.15, 0.2) is 65.8 Å². The second-order valence-corrected chi connectivity index (χ2v) is 9.64. The maximum absolute atomic E-state index is 15.0. The van der Waals surface area contributed by atoms with Crippen molar-refractivity contribution in [2.45, 2.75) is 13.0 Å². The highest BCUT2D eigenvalue weighted by atomic mass is 19.1. The number of pyridine rings is 1. The minimum atomic E-state index is -0.711. The van der Waals surface area contributed by atoms with E-state index in [9.17, 15) is 4.39 Å². The van der Waals surface area contributed by atoms with Crippen molar-refractivity contribution in [3.63, 3.8) is 0 Å². The van der Waals surface area contributed by atoms with Gasteiger partial charge in [-0.05, 0) is 53.5 Å². The summed E-state index contributed by atoms with van der Waals surface area (Å²) in [5.74, 6) is -0.242. The van der Waals surface area contributed by atoms with Crippen LogP contribution in [0.1, 0.15) is 17.5 Å². The molecule has 0 aliphatic carbocycles. The van der Waals surface area contributed by atoms with Crippen LogP contribution in [-0.4, -0.2) is 59.4 Å². The molecule has 0 atom stereocenters. The van der Waals surface area contributed by atoms with Crippen LogP contribution < -0.4 is 10.1 Å². The molecule has 204 valence electrons. The lowest BCUT2D eigenvalue weighted by Gasteiger charge is -2.25. The molecule has 1 N–H and O–H groups in total. The number of halogens is 3. The van der Waals surface area contributed by atoms with Crippen LogP contribution in [0.4, 0.5) is 24.7 Å². The highest BCUT2D eigenvalue weighted by molar-refractivity contribution is 5.99. The molecular formula is C30H27F3N6O. The summed E-state index contributed by atoms with van der Waals surface area (Å²) in [4.78, 5) is 11.2. The molecule has 2 aromatic carbocycles. The van der Waals surface area contributed by atoms with Gasteiger partial charge >= 0.3 is 0 Å². The van der Waals surface area contributed by atoms with E-state index in [0.717, 1.165) is 35.4 Å². The average molecular weight is 545 g/mol. The van der Waals surface area contributed by atoms with Crippen LogP contribution in [0.3, 0.4) is 0 Å². The standard InChI is InChI=1S/C30H27F3N6O/c1-40-22-7-5-19(6-8-22)17-39-29-23-15-21(20-9-12-38(13-10-20)14-11-31)16-34-30(23)36-18-35-28(29)27(37-39)26-24(32)3-2-4-25(26)33/h2-9,15-16,18H,10-14,17H2,1H3,(H,34,35,36). The van der Waals surface area contributed by atoms with E-state index in [0.29, 0.717) is 42.4 Å². The van der Waals surface area contributed by atoms with Gasteiger partial charge in [0.05, 0.1) is 36.9 Å². The third-order valence-electron chi connectivity index (χ3n) is 7.23. The third-order valence-corrected chi connectivity index (χ3v) is 7.23. The summed E-state index contributed by atoms with van der Waals surface area (Å²) in [6.07, 6.45) is 6.09. The number of rotatable bonds is 7. The molecule has 0 unspecified atom stereocenters. The van der Waals surface area contributed by atoms with Gasteiger partial charge in [-0.3, -0.25) is 9.58 Å². The first-order valence-electron chi connectivity index (χ1n) is 13.0.